The summed E-state index contributed by atoms with van der Waals surface area (Å²) >= 11 is 3.40. The standard InChI is InChI=1S/C16H9BrF3N/c17-13-9-14(10-4-2-1-3-5-10)21-15-8-11(16(18,19)20)6-7-12(13)15/h1-9H. The van der Waals surface area contributed by atoms with Gasteiger partial charge in [-0.25, -0.2) is 4.98 Å². The van der Waals surface area contributed by atoms with Gasteiger partial charge in [0.2, 0.25) is 0 Å². The van der Waals surface area contributed by atoms with E-state index in [1.807, 2.05) is 36.4 Å². The molecular weight excluding hydrogens is 343 g/mol. The molecule has 0 aliphatic heterocycles. The predicted octanol–water partition coefficient (Wildman–Crippen LogP) is 5.68. The fourth-order valence-electron chi connectivity index (χ4n) is 2.12. The van der Waals surface area contributed by atoms with Gasteiger partial charge in [-0.15, -0.1) is 0 Å². The van der Waals surface area contributed by atoms with Crippen molar-refractivity contribution in [3.63, 3.8) is 0 Å². The minimum absolute atomic E-state index is 0.318. The molecule has 0 aliphatic carbocycles. The van der Waals surface area contributed by atoms with Crippen molar-refractivity contribution < 1.29 is 13.2 Å². The van der Waals surface area contributed by atoms with Crippen LogP contribution >= 0.6 is 15.9 Å². The van der Waals surface area contributed by atoms with Gasteiger partial charge in [0.15, 0.2) is 0 Å². The molecule has 3 aromatic rings. The fourth-order valence-corrected chi connectivity index (χ4v) is 2.67. The van der Waals surface area contributed by atoms with Crippen molar-refractivity contribution in [1.29, 1.82) is 0 Å². The minimum Gasteiger partial charge on any atom is -0.248 e. The first kappa shape index (κ1) is 14.1. The van der Waals surface area contributed by atoms with Crippen LogP contribution in [0.5, 0.6) is 0 Å². The van der Waals surface area contributed by atoms with Crippen LogP contribution in [0, 0.1) is 0 Å². The molecule has 1 aromatic heterocycles. The molecule has 0 unspecified atom stereocenters. The number of alkyl halides is 3. The summed E-state index contributed by atoms with van der Waals surface area (Å²) in [5.41, 5.74) is 1.12. The van der Waals surface area contributed by atoms with Crippen LogP contribution < -0.4 is 0 Å². The van der Waals surface area contributed by atoms with Crippen LogP contribution in [0.3, 0.4) is 0 Å². The fraction of sp³-hybridized carbons (Fsp3) is 0.0625. The monoisotopic (exact) mass is 351 g/mol. The van der Waals surface area contributed by atoms with Crippen molar-refractivity contribution >= 4 is 26.8 Å². The lowest BCUT2D eigenvalue weighted by Gasteiger charge is -2.10. The minimum atomic E-state index is -4.37. The van der Waals surface area contributed by atoms with Gasteiger partial charge in [-0.3, -0.25) is 0 Å². The van der Waals surface area contributed by atoms with Crippen LogP contribution in [-0.4, -0.2) is 4.98 Å². The van der Waals surface area contributed by atoms with Crippen molar-refractivity contribution in [3.8, 4) is 11.3 Å². The summed E-state index contributed by atoms with van der Waals surface area (Å²) in [6.45, 7) is 0. The molecule has 0 amide bonds. The molecule has 0 aliphatic rings. The van der Waals surface area contributed by atoms with Crippen LogP contribution in [-0.2, 0) is 6.18 Å². The molecule has 0 atom stereocenters. The third-order valence-electron chi connectivity index (χ3n) is 3.16. The lowest BCUT2D eigenvalue weighted by atomic mass is 10.1. The zero-order valence-corrected chi connectivity index (χ0v) is 12.2. The Bertz CT molecular complexity index is 798. The highest BCUT2D eigenvalue weighted by atomic mass is 79.9. The number of benzene rings is 2. The second kappa shape index (κ2) is 5.15. The molecule has 3 rings (SSSR count). The summed E-state index contributed by atoms with van der Waals surface area (Å²) in [4.78, 5) is 4.35. The highest BCUT2D eigenvalue weighted by Gasteiger charge is 2.30. The molecule has 0 saturated heterocycles. The topological polar surface area (TPSA) is 12.9 Å². The normalized spacial score (nSPS) is 11.8. The van der Waals surface area contributed by atoms with E-state index in [1.54, 1.807) is 0 Å². The Kier molecular flexibility index (Phi) is 3.45. The highest BCUT2D eigenvalue weighted by Crippen LogP contribution is 2.34. The number of hydrogen-bond acceptors (Lipinski definition) is 1. The number of aromatic nitrogens is 1. The summed E-state index contributed by atoms with van der Waals surface area (Å²) in [6, 6.07) is 14.7. The van der Waals surface area contributed by atoms with E-state index in [1.165, 1.54) is 6.07 Å². The van der Waals surface area contributed by atoms with Gasteiger partial charge in [0.25, 0.3) is 0 Å². The first-order valence-corrected chi connectivity index (χ1v) is 6.97. The van der Waals surface area contributed by atoms with E-state index < -0.39 is 11.7 Å². The Morgan fingerprint density at radius 3 is 2.29 bits per heavy atom. The maximum atomic E-state index is 12.8. The zero-order chi connectivity index (χ0) is 15.0. The number of rotatable bonds is 1. The van der Waals surface area contributed by atoms with E-state index in [0.29, 0.717) is 16.6 Å². The molecule has 1 heterocycles. The first-order chi connectivity index (χ1) is 9.95. The second-order valence-electron chi connectivity index (χ2n) is 4.59. The molecule has 0 radical (unpaired) electrons. The van der Waals surface area contributed by atoms with Crippen LogP contribution in [0.15, 0.2) is 59.1 Å². The number of pyridine rings is 1. The number of fused-ring (bicyclic) bond motifs is 1. The molecule has 0 N–H and O–H groups in total. The Labute approximate surface area is 127 Å². The Balaban J connectivity index is 2.22. The number of hydrogen-bond donors (Lipinski definition) is 0. The Hall–Kier alpha value is -1.88. The summed E-state index contributed by atoms with van der Waals surface area (Å²) in [6.07, 6.45) is -4.37. The maximum absolute atomic E-state index is 12.8. The van der Waals surface area contributed by atoms with Crippen LogP contribution in [0.2, 0.25) is 0 Å². The summed E-state index contributed by atoms with van der Waals surface area (Å²) in [5.74, 6) is 0. The molecule has 0 bridgehead atoms. The summed E-state index contributed by atoms with van der Waals surface area (Å²) in [7, 11) is 0. The van der Waals surface area contributed by atoms with Gasteiger partial charge in [-0.05, 0) is 18.2 Å². The molecule has 0 spiro atoms. The molecule has 0 fully saturated rings. The summed E-state index contributed by atoms with van der Waals surface area (Å²) in [5, 5.41) is 0.655. The first-order valence-electron chi connectivity index (χ1n) is 6.18. The SMILES string of the molecule is FC(F)(F)c1ccc2c(Br)cc(-c3ccccc3)nc2c1. The van der Waals surface area contributed by atoms with Crippen LogP contribution in [0.4, 0.5) is 13.2 Å². The van der Waals surface area contributed by atoms with Crippen molar-refractivity contribution in [2.75, 3.05) is 0 Å². The number of halogens is 4. The van der Waals surface area contributed by atoms with Crippen LogP contribution in [0.1, 0.15) is 5.56 Å². The lowest BCUT2D eigenvalue weighted by Crippen LogP contribution is -2.04. The second-order valence-corrected chi connectivity index (χ2v) is 5.44. The van der Waals surface area contributed by atoms with E-state index in [-0.39, 0.29) is 0 Å². The molecule has 5 heteroatoms. The zero-order valence-electron chi connectivity index (χ0n) is 10.7. The lowest BCUT2D eigenvalue weighted by molar-refractivity contribution is -0.137. The molecule has 0 saturated carbocycles. The molecular formula is C16H9BrF3N. The van der Waals surface area contributed by atoms with Crippen molar-refractivity contribution in [3.05, 3.63) is 64.6 Å². The molecule has 106 valence electrons. The Morgan fingerprint density at radius 2 is 1.62 bits per heavy atom. The van der Waals surface area contributed by atoms with E-state index in [9.17, 15) is 13.2 Å². The third kappa shape index (κ3) is 2.78. The van der Waals surface area contributed by atoms with Crippen molar-refractivity contribution in [1.82, 2.24) is 4.98 Å². The third-order valence-corrected chi connectivity index (χ3v) is 3.81. The van der Waals surface area contributed by atoms with Gasteiger partial charge < -0.3 is 0 Å². The van der Waals surface area contributed by atoms with E-state index >= 15 is 0 Å². The van der Waals surface area contributed by atoms with Crippen LogP contribution in [0.25, 0.3) is 22.2 Å². The van der Waals surface area contributed by atoms with Gasteiger partial charge >= 0.3 is 6.18 Å². The van der Waals surface area contributed by atoms with Gasteiger partial charge in [0.05, 0.1) is 16.8 Å². The van der Waals surface area contributed by atoms with E-state index in [4.69, 9.17) is 0 Å². The number of nitrogens with zero attached hydrogens (tertiary/aromatic N) is 1. The quantitative estimate of drug-likeness (QED) is 0.549. The Morgan fingerprint density at radius 1 is 0.905 bits per heavy atom. The largest absolute Gasteiger partial charge is 0.416 e. The van der Waals surface area contributed by atoms with Gasteiger partial charge in [-0.1, -0.05) is 52.3 Å². The predicted molar refractivity (Wildman–Crippen MR) is 79.9 cm³/mol. The average molecular weight is 352 g/mol. The smallest absolute Gasteiger partial charge is 0.248 e. The maximum Gasteiger partial charge on any atom is 0.416 e. The summed E-state index contributed by atoms with van der Waals surface area (Å²) < 4.78 is 39.1. The molecule has 2 aromatic carbocycles. The average Bonchev–Trinajstić information content (AvgIpc) is 2.46. The van der Waals surface area contributed by atoms with E-state index in [0.717, 1.165) is 22.2 Å². The molecule has 1 nitrogen and oxygen atoms in total. The van der Waals surface area contributed by atoms with Gasteiger partial charge in [0.1, 0.15) is 0 Å². The highest BCUT2D eigenvalue weighted by molar-refractivity contribution is 9.10. The van der Waals surface area contributed by atoms with Crippen molar-refractivity contribution in [2.24, 2.45) is 0 Å². The molecule has 21 heavy (non-hydrogen) atoms. The van der Waals surface area contributed by atoms with Crippen molar-refractivity contribution in [2.45, 2.75) is 6.18 Å². The van der Waals surface area contributed by atoms with Gasteiger partial charge in [-0.2, -0.15) is 13.2 Å². The van der Waals surface area contributed by atoms with E-state index in [2.05, 4.69) is 20.9 Å². The van der Waals surface area contributed by atoms with Gasteiger partial charge in [0, 0.05) is 15.4 Å².